The first-order chi connectivity index (χ1) is 14.7. The lowest BCUT2D eigenvalue weighted by molar-refractivity contribution is -0.0570. The van der Waals surface area contributed by atoms with Crippen molar-refractivity contribution in [2.75, 3.05) is 18.4 Å². The van der Waals surface area contributed by atoms with E-state index < -0.39 is 9.60 Å². The molecule has 0 amide bonds. The molecule has 1 atom stereocenters. The second kappa shape index (κ2) is 8.81. The largest absolute Gasteiger partial charge is 0.365 e. The van der Waals surface area contributed by atoms with Gasteiger partial charge in [-0.15, -0.1) is 0 Å². The molecule has 31 heavy (non-hydrogen) atoms. The summed E-state index contributed by atoms with van der Waals surface area (Å²) in [6.07, 6.45) is 2.89. The molecular formula is C21H22F3IN6. The highest BCUT2D eigenvalue weighted by Crippen LogP contribution is 2.34. The van der Waals surface area contributed by atoms with E-state index in [1.807, 2.05) is 17.0 Å². The zero-order valence-electron chi connectivity index (χ0n) is 17.0. The molecule has 1 N–H and O–H groups in total. The first kappa shape index (κ1) is 22.1. The van der Waals surface area contributed by atoms with Gasteiger partial charge in [0.15, 0.2) is 9.32 Å². The quantitative estimate of drug-likeness (QED) is 0.356. The molecule has 10 heteroatoms. The summed E-state index contributed by atoms with van der Waals surface area (Å²) in [5.74, 6) is -1.52. The number of fused-ring (bicyclic) bond motifs is 1. The highest BCUT2D eigenvalue weighted by atomic mass is 127. The number of rotatable bonds is 6. The summed E-state index contributed by atoms with van der Waals surface area (Å²) in [4.78, 5) is 19.6. The monoisotopic (exact) mass is 542 g/mol. The zero-order chi connectivity index (χ0) is 22.1. The lowest BCUT2D eigenvalue weighted by atomic mass is 10.1. The lowest BCUT2D eigenvalue weighted by Crippen LogP contribution is -2.39. The van der Waals surface area contributed by atoms with Gasteiger partial charge in [-0.25, -0.2) is 28.1 Å². The Hall–Kier alpha value is -2.08. The molecule has 3 aromatic rings. The average Bonchev–Trinajstić information content (AvgIpc) is 2.73. The fourth-order valence-electron chi connectivity index (χ4n) is 3.61. The summed E-state index contributed by atoms with van der Waals surface area (Å²) in [5, 5.41) is 4.00. The molecule has 0 radical (unpaired) electrons. The first-order valence-corrected chi connectivity index (χ1v) is 11.1. The molecular weight excluding hydrogens is 520 g/mol. The Balaban J connectivity index is 1.58. The number of alkyl halides is 4. The molecule has 6 nitrogen and oxygen atoms in total. The number of pyridine rings is 2. The zero-order valence-corrected chi connectivity index (χ0v) is 19.1. The van der Waals surface area contributed by atoms with Gasteiger partial charge in [0, 0.05) is 44.9 Å². The summed E-state index contributed by atoms with van der Waals surface area (Å²) in [6.45, 7) is 2.74. The van der Waals surface area contributed by atoms with E-state index in [-0.39, 0.29) is 12.8 Å². The predicted octanol–water partition coefficient (Wildman–Crippen LogP) is 4.84. The highest BCUT2D eigenvalue weighted by Gasteiger charge is 2.34. The van der Waals surface area contributed by atoms with Gasteiger partial charge in [0.2, 0.25) is 0 Å². The Morgan fingerprint density at radius 3 is 2.58 bits per heavy atom. The standard InChI is InChI=1S/C21H22F3IN6/c1-20(22,25)17-14(4-2-8-26-17)12-28-19-15-5-3-9-27-18(15)29-16(30-19)13-31-10-6-21(23,24)7-11-31/h2-5,8-9H,6-7,10-13H2,1H3,(H,27,28,29,30). The minimum absolute atomic E-state index is 0.161. The van der Waals surface area contributed by atoms with E-state index in [2.05, 4.69) is 25.3 Å². The molecule has 3 aromatic heterocycles. The molecule has 0 bridgehead atoms. The molecule has 1 aliphatic rings. The average molecular weight is 542 g/mol. The van der Waals surface area contributed by atoms with Crippen LogP contribution in [0.5, 0.6) is 0 Å². The lowest BCUT2D eigenvalue weighted by Gasteiger charge is -2.31. The number of nitrogens with one attached hydrogen (secondary N) is 1. The number of likely N-dealkylation sites (tertiary alicyclic amines) is 1. The Morgan fingerprint density at radius 1 is 1.13 bits per heavy atom. The summed E-state index contributed by atoms with van der Waals surface area (Å²) >= 11 is 1.72. The van der Waals surface area contributed by atoms with Crippen molar-refractivity contribution in [1.29, 1.82) is 0 Å². The van der Waals surface area contributed by atoms with E-state index in [0.717, 1.165) is 10.9 Å². The molecule has 0 saturated carbocycles. The third-order valence-corrected chi connectivity index (χ3v) is 5.73. The molecule has 0 aliphatic carbocycles. The number of halogens is 4. The second-order valence-electron chi connectivity index (χ2n) is 7.75. The van der Waals surface area contributed by atoms with E-state index in [1.165, 1.54) is 6.92 Å². The summed E-state index contributed by atoms with van der Waals surface area (Å²) in [7, 11) is 0. The summed E-state index contributed by atoms with van der Waals surface area (Å²) < 4.78 is 39.9. The Bertz CT molecular complexity index is 1060. The van der Waals surface area contributed by atoms with Gasteiger partial charge in [0.05, 0.1) is 17.6 Å². The number of anilines is 1. The fourth-order valence-corrected chi connectivity index (χ4v) is 4.09. The number of piperidine rings is 1. The van der Waals surface area contributed by atoms with E-state index in [0.29, 0.717) is 49.2 Å². The topological polar surface area (TPSA) is 66.8 Å². The van der Waals surface area contributed by atoms with Crippen LogP contribution in [0.25, 0.3) is 11.0 Å². The molecule has 1 saturated heterocycles. The van der Waals surface area contributed by atoms with Gasteiger partial charge in [-0.05, 0) is 53.3 Å². The Kier molecular flexibility index (Phi) is 6.29. The van der Waals surface area contributed by atoms with Crippen molar-refractivity contribution in [3.63, 3.8) is 0 Å². The third-order valence-electron chi connectivity index (χ3n) is 5.22. The van der Waals surface area contributed by atoms with Crippen LogP contribution < -0.4 is 5.32 Å². The van der Waals surface area contributed by atoms with Gasteiger partial charge in [0.25, 0.3) is 5.92 Å². The van der Waals surface area contributed by atoms with Crippen molar-refractivity contribution in [3.8, 4) is 0 Å². The van der Waals surface area contributed by atoms with Crippen LogP contribution in [0.2, 0.25) is 0 Å². The minimum atomic E-state index is -2.60. The Labute approximate surface area is 191 Å². The van der Waals surface area contributed by atoms with Gasteiger partial charge < -0.3 is 5.32 Å². The van der Waals surface area contributed by atoms with Crippen LogP contribution in [0.4, 0.5) is 19.0 Å². The van der Waals surface area contributed by atoms with E-state index in [1.54, 1.807) is 47.1 Å². The Morgan fingerprint density at radius 2 is 1.84 bits per heavy atom. The number of nitrogens with zero attached hydrogens (tertiary/aromatic N) is 5. The van der Waals surface area contributed by atoms with Crippen molar-refractivity contribution in [3.05, 3.63) is 53.7 Å². The fraction of sp³-hybridized carbons (Fsp3) is 0.429. The maximum absolute atomic E-state index is 14.5. The normalized spacial score (nSPS) is 18.6. The van der Waals surface area contributed by atoms with Crippen LogP contribution in [0.15, 0.2) is 36.7 Å². The molecule has 4 heterocycles. The second-order valence-corrected chi connectivity index (χ2v) is 9.77. The first-order valence-electron chi connectivity index (χ1n) is 9.99. The van der Waals surface area contributed by atoms with Crippen LogP contribution in [0.3, 0.4) is 0 Å². The van der Waals surface area contributed by atoms with Gasteiger partial charge in [0.1, 0.15) is 11.6 Å². The van der Waals surface area contributed by atoms with Gasteiger partial charge in [-0.1, -0.05) is 6.07 Å². The van der Waals surface area contributed by atoms with Gasteiger partial charge >= 0.3 is 0 Å². The maximum Gasteiger partial charge on any atom is 0.250 e. The van der Waals surface area contributed by atoms with Crippen LogP contribution in [0, 0.1) is 0 Å². The van der Waals surface area contributed by atoms with Crippen LogP contribution in [0.1, 0.15) is 36.8 Å². The molecule has 1 aliphatic heterocycles. The van der Waals surface area contributed by atoms with E-state index >= 15 is 0 Å². The highest BCUT2D eigenvalue weighted by molar-refractivity contribution is 14.1. The van der Waals surface area contributed by atoms with Crippen molar-refractivity contribution >= 4 is 39.4 Å². The predicted molar refractivity (Wildman–Crippen MR) is 121 cm³/mol. The number of aromatic nitrogens is 4. The van der Waals surface area contributed by atoms with Gasteiger partial charge in [-0.3, -0.25) is 9.88 Å². The third kappa shape index (κ3) is 5.40. The molecule has 0 aromatic carbocycles. The number of hydrogen-bond donors (Lipinski definition) is 1. The van der Waals surface area contributed by atoms with E-state index in [9.17, 15) is 13.2 Å². The maximum atomic E-state index is 14.5. The molecule has 4 rings (SSSR count). The molecule has 1 unspecified atom stereocenters. The van der Waals surface area contributed by atoms with Gasteiger partial charge in [-0.2, -0.15) is 0 Å². The molecule has 164 valence electrons. The van der Waals surface area contributed by atoms with Crippen LogP contribution in [-0.2, 0) is 16.8 Å². The summed E-state index contributed by atoms with van der Waals surface area (Å²) in [6, 6.07) is 7.24. The number of hydrogen-bond acceptors (Lipinski definition) is 6. The SMILES string of the molecule is CC(F)(I)c1ncccc1CNc1nc(CN2CCC(F)(F)CC2)nc2ncccc12. The van der Waals surface area contributed by atoms with Crippen LogP contribution in [-0.4, -0.2) is 43.8 Å². The van der Waals surface area contributed by atoms with Crippen molar-refractivity contribution < 1.29 is 13.2 Å². The molecule has 1 fully saturated rings. The smallest absolute Gasteiger partial charge is 0.250 e. The van der Waals surface area contributed by atoms with Crippen molar-refractivity contribution in [2.45, 2.75) is 42.5 Å². The molecule has 0 spiro atoms. The van der Waals surface area contributed by atoms with E-state index in [4.69, 9.17) is 0 Å². The van der Waals surface area contributed by atoms with Crippen molar-refractivity contribution in [2.24, 2.45) is 0 Å². The summed E-state index contributed by atoms with van der Waals surface area (Å²) in [5.41, 5.74) is 1.60. The minimum Gasteiger partial charge on any atom is -0.365 e. The van der Waals surface area contributed by atoms with Crippen molar-refractivity contribution in [1.82, 2.24) is 24.8 Å². The van der Waals surface area contributed by atoms with Crippen LogP contribution >= 0.6 is 22.6 Å².